The average molecular weight is 646 g/mol. The molecule has 1 atom stereocenters. The molecule has 0 saturated heterocycles. The van der Waals surface area contributed by atoms with E-state index in [1.165, 1.54) is 16.2 Å². The second-order valence-electron chi connectivity index (χ2n) is 10.9. The Morgan fingerprint density at radius 2 is 1.74 bits per heavy atom. The van der Waals surface area contributed by atoms with Gasteiger partial charge in [-0.3, -0.25) is 9.36 Å². The van der Waals surface area contributed by atoms with Crippen molar-refractivity contribution in [1.82, 2.24) is 4.57 Å². The van der Waals surface area contributed by atoms with Crippen LogP contribution in [0.5, 0.6) is 11.5 Å². The van der Waals surface area contributed by atoms with Crippen LogP contribution in [0.2, 0.25) is 0 Å². The van der Waals surface area contributed by atoms with Crippen molar-refractivity contribution in [2.75, 3.05) is 25.3 Å². The second-order valence-corrected chi connectivity index (χ2v) is 13.0. The first-order valence-corrected chi connectivity index (χ1v) is 16.5. The lowest BCUT2D eigenvalue weighted by atomic mass is 9.93. The van der Waals surface area contributed by atoms with Gasteiger partial charge in [-0.15, -0.1) is 0 Å². The number of rotatable bonds is 5. The lowest BCUT2D eigenvalue weighted by Gasteiger charge is -2.29. The molecule has 4 heterocycles. The Bertz CT molecular complexity index is 2260. The third-order valence-corrected chi connectivity index (χ3v) is 10.3. The number of esters is 1. The summed E-state index contributed by atoms with van der Waals surface area (Å²) in [5.74, 6) is 0.636. The fourth-order valence-electron chi connectivity index (χ4n) is 6.04. The van der Waals surface area contributed by atoms with Crippen LogP contribution in [0.3, 0.4) is 0 Å². The number of carbonyl (C=O) groups is 1. The van der Waals surface area contributed by atoms with Gasteiger partial charge in [-0.05, 0) is 60.5 Å². The molecule has 1 aromatic heterocycles. The molecule has 0 unspecified atom stereocenters. The number of nitrogens with zero attached hydrogens (tertiary/aromatic N) is 3. The minimum absolute atomic E-state index is 0.109. The van der Waals surface area contributed by atoms with Gasteiger partial charge >= 0.3 is 5.97 Å². The molecule has 0 saturated carbocycles. The maximum atomic E-state index is 14.3. The number of hydrogen-bond acceptors (Lipinski definition) is 9. The molecule has 0 N–H and O–H groups in total. The van der Waals surface area contributed by atoms with E-state index in [1.807, 2.05) is 66.7 Å². The molecule has 4 aromatic carbocycles. The minimum Gasteiger partial charge on any atom is -0.463 e. The highest BCUT2D eigenvalue weighted by Gasteiger charge is 2.36. The van der Waals surface area contributed by atoms with Crippen molar-refractivity contribution in [3.63, 3.8) is 0 Å². The third-order valence-electron chi connectivity index (χ3n) is 8.18. The van der Waals surface area contributed by atoms with E-state index in [2.05, 4.69) is 36.2 Å². The quantitative estimate of drug-likeness (QED) is 0.220. The van der Waals surface area contributed by atoms with Crippen LogP contribution in [-0.2, 0) is 9.53 Å². The fraction of sp³-hybridized carbons (Fsp3) is 0.139. The van der Waals surface area contributed by atoms with Gasteiger partial charge in [-0.25, -0.2) is 9.79 Å². The predicted octanol–water partition coefficient (Wildman–Crippen LogP) is 5.90. The summed E-state index contributed by atoms with van der Waals surface area (Å²) in [6.07, 6.45) is 1.90. The maximum absolute atomic E-state index is 14.3. The summed E-state index contributed by atoms with van der Waals surface area (Å²) >= 11 is 3.02. The molecule has 3 aliphatic rings. The Morgan fingerprint density at radius 3 is 2.59 bits per heavy atom. The molecule has 228 valence electrons. The van der Waals surface area contributed by atoms with E-state index >= 15 is 0 Å². The monoisotopic (exact) mass is 645 g/mol. The van der Waals surface area contributed by atoms with Crippen molar-refractivity contribution >= 4 is 52.2 Å². The van der Waals surface area contributed by atoms with Crippen LogP contribution in [0.15, 0.2) is 116 Å². The molecule has 0 amide bonds. The van der Waals surface area contributed by atoms with E-state index in [0.717, 1.165) is 27.4 Å². The van der Waals surface area contributed by atoms with E-state index in [0.29, 0.717) is 32.1 Å². The average Bonchev–Trinajstić information content (AvgIpc) is 3.68. The molecule has 46 heavy (non-hydrogen) atoms. The number of ether oxygens (including phenoxy) is 3. The van der Waals surface area contributed by atoms with Gasteiger partial charge in [0.15, 0.2) is 16.3 Å². The van der Waals surface area contributed by atoms with Crippen molar-refractivity contribution < 1.29 is 19.0 Å². The van der Waals surface area contributed by atoms with Gasteiger partial charge in [0.2, 0.25) is 6.79 Å². The van der Waals surface area contributed by atoms with Gasteiger partial charge in [0.1, 0.15) is 0 Å². The molecule has 0 spiro atoms. The topological polar surface area (TPSA) is 82.4 Å². The molecule has 10 heteroatoms. The van der Waals surface area contributed by atoms with Gasteiger partial charge < -0.3 is 19.1 Å². The molecule has 0 fully saturated rings. The fourth-order valence-corrected chi connectivity index (χ4v) is 8.24. The Balaban J connectivity index is 1.31. The molecule has 3 aliphatic heterocycles. The summed E-state index contributed by atoms with van der Waals surface area (Å²) in [4.78, 5) is 38.0. The standard InChI is InChI=1S/C36H27N3O5S2/c1-3-42-35(41)31-32(22-9-5-4-6-10-22)37-36-39(33(31)23-14-16-26-27(19-23)44-20-43-26)34(40)30(46-36)18-21-13-15-25-29(17-21)45-28-12-8-7-11-24(28)38(25)2/h4-19,33H,3,20H2,1-2H3/b30-18+/t33-/m0/s1. The van der Waals surface area contributed by atoms with E-state index in [9.17, 15) is 9.59 Å². The summed E-state index contributed by atoms with van der Waals surface area (Å²) in [5, 5.41) is 0. The normalized spacial score (nSPS) is 16.4. The number of para-hydroxylation sites is 1. The predicted molar refractivity (Wildman–Crippen MR) is 179 cm³/mol. The summed E-state index contributed by atoms with van der Waals surface area (Å²) in [7, 11) is 2.07. The first kappa shape index (κ1) is 28.4. The van der Waals surface area contributed by atoms with Gasteiger partial charge in [0.25, 0.3) is 5.56 Å². The van der Waals surface area contributed by atoms with E-state index in [4.69, 9.17) is 19.2 Å². The Labute approximate surface area is 272 Å². The van der Waals surface area contributed by atoms with E-state index in [1.54, 1.807) is 29.3 Å². The second kappa shape index (κ2) is 11.4. The molecule has 0 radical (unpaired) electrons. The van der Waals surface area contributed by atoms with Gasteiger partial charge in [0.05, 0.1) is 39.8 Å². The number of hydrogen-bond donors (Lipinski definition) is 0. The lowest BCUT2D eigenvalue weighted by Crippen LogP contribution is -2.40. The van der Waals surface area contributed by atoms with Crippen LogP contribution in [0, 0.1) is 0 Å². The summed E-state index contributed by atoms with van der Waals surface area (Å²) < 4.78 is 18.9. The Hall–Kier alpha value is -5.06. The van der Waals surface area contributed by atoms with Crippen molar-refractivity contribution in [2.45, 2.75) is 22.8 Å². The maximum Gasteiger partial charge on any atom is 0.338 e. The van der Waals surface area contributed by atoms with Crippen LogP contribution < -0.4 is 29.3 Å². The SMILES string of the molecule is CCOC(=O)C1=C(c2ccccc2)N=c2s/c(=C/c3ccc4c(c3)Sc3ccccc3N4C)c(=O)n2[C@H]1c1ccc2c(c1)OCO2. The Kier molecular flexibility index (Phi) is 7.03. The van der Waals surface area contributed by atoms with Crippen LogP contribution in [0.25, 0.3) is 11.8 Å². The van der Waals surface area contributed by atoms with Gasteiger partial charge in [-0.1, -0.05) is 77.7 Å². The number of thiazole rings is 1. The van der Waals surface area contributed by atoms with Crippen LogP contribution in [-0.4, -0.2) is 31.0 Å². The number of fused-ring (bicyclic) bond motifs is 4. The number of benzene rings is 4. The molecule has 0 bridgehead atoms. The number of anilines is 2. The number of carbonyl (C=O) groups excluding carboxylic acids is 1. The van der Waals surface area contributed by atoms with Crippen LogP contribution in [0.1, 0.15) is 29.7 Å². The first-order valence-electron chi connectivity index (χ1n) is 14.8. The zero-order valence-corrected chi connectivity index (χ0v) is 26.6. The third kappa shape index (κ3) is 4.72. The summed E-state index contributed by atoms with van der Waals surface area (Å²) in [6.45, 7) is 2.05. The minimum atomic E-state index is -0.800. The summed E-state index contributed by atoms with van der Waals surface area (Å²) in [5.41, 5.74) is 5.14. The number of aromatic nitrogens is 1. The zero-order valence-electron chi connectivity index (χ0n) is 24.9. The molecule has 8 rings (SSSR count). The van der Waals surface area contributed by atoms with Gasteiger partial charge in [-0.2, -0.15) is 0 Å². The van der Waals surface area contributed by atoms with Crippen molar-refractivity contribution in [3.8, 4) is 11.5 Å². The highest BCUT2D eigenvalue weighted by Crippen LogP contribution is 2.47. The van der Waals surface area contributed by atoms with Crippen molar-refractivity contribution in [2.24, 2.45) is 4.99 Å². The van der Waals surface area contributed by atoms with Crippen LogP contribution in [0.4, 0.5) is 11.4 Å². The molecular weight excluding hydrogens is 619 g/mol. The van der Waals surface area contributed by atoms with Crippen LogP contribution >= 0.6 is 23.1 Å². The first-order chi connectivity index (χ1) is 22.5. The lowest BCUT2D eigenvalue weighted by molar-refractivity contribution is -0.138. The smallest absolute Gasteiger partial charge is 0.338 e. The molecule has 5 aromatic rings. The highest BCUT2D eigenvalue weighted by molar-refractivity contribution is 7.99. The zero-order chi connectivity index (χ0) is 31.4. The molecular formula is C36H27N3O5S2. The molecule has 0 aliphatic carbocycles. The van der Waals surface area contributed by atoms with Crippen molar-refractivity contribution in [3.05, 3.63) is 133 Å². The van der Waals surface area contributed by atoms with Gasteiger partial charge in [0, 0.05) is 22.4 Å². The Morgan fingerprint density at radius 1 is 0.957 bits per heavy atom. The van der Waals surface area contributed by atoms with E-state index in [-0.39, 0.29) is 24.5 Å². The van der Waals surface area contributed by atoms with E-state index < -0.39 is 12.0 Å². The molecule has 8 nitrogen and oxygen atoms in total. The van der Waals surface area contributed by atoms with Crippen molar-refractivity contribution in [1.29, 1.82) is 0 Å². The summed E-state index contributed by atoms with van der Waals surface area (Å²) in [6, 6.07) is 28.7. The highest BCUT2D eigenvalue weighted by atomic mass is 32.2. The largest absolute Gasteiger partial charge is 0.463 e.